The lowest BCUT2D eigenvalue weighted by molar-refractivity contribution is 0.202. The molecule has 0 amide bonds. The number of halogens is 1. The molecule has 0 aliphatic carbocycles. The van der Waals surface area contributed by atoms with Gasteiger partial charge in [-0.2, -0.15) is 0 Å². The van der Waals surface area contributed by atoms with E-state index in [4.69, 9.17) is 21.1 Å². The van der Waals surface area contributed by atoms with E-state index < -0.39 is 0 Å². The number of benzene rings is 2. The van der Waals surface area contributed by atoms with Crippen LogP contribution in [0.4, 0.5) is 0 Å². The molecule has 0 spiro atoms. The average Bonchev–Trinajstić information content (AvgIpc) is 2.48. The average molecular weight is 293 g/mol. The molecule has 0 unspecified atom stereocenters. The highest BCUT2D eigenvalue weighted by atomic mass is 35.5. The topological polar surface area (TPSA) is 38.7 Å². The van der Waals surface area contributed by atoms with Crippen LogP contribution in [-0.4, -0.2) is 18.8 Å². The van der Waals surface area contributed by atoms with Crippen LogP contribution in [0.5, 0.6) is 11.5 Å². The van der Waals surface area contributed by atoms with Gasteiger partial charge in [0.05, 0.1) is 18.2 Å². The van der Waals surface area contributed by atoms with Gasteiger partial charge in [-0.1, -0.05) is 35.9 Å². The molecule has 0 aliphatic heterocycles. The van der Waals surface area contributed by atoms with Crippen molar-refractivity contribution in [3.05, 3.63) is 58.6 Å². The third-order valence-electron chi connectivity index (χ3n) is 2.96. The zero-order chi connectivity index (χ0) is 14.4. The summed E-state index contributed by atoms with van der Waals surface area (Å²) in [5.74, 6) is 1.19. The maximum atomic E-state index is 9.31. The first-order valence-corrected chi connectivity index (χ1v) is 6.76. The van der Waals surface area contributed by atoms with Crippen LogP contribution in [0.3, 0.4) is 0 Å². The molecule has 0 radical (unpaired) electrons. The van der Waals surface area contributed by atoms with Crippen molar-refractivity contribution in [3.8, 4) is 11.5 Å². The Kier molecular flexibility index (Phi) is 5.41. The molecule has 4 heteroatoms. The van der Waals surface area contributed by atoms with Crippen LogP contribution in [-0.2, 0) is 17.8 Å². The predicted octanol–water partition coefficient (Wildman–Crippen LogP) is 3.81. The first-order valence-electron chi connectivity index (χ1n) is 6.38. The van der Waals surface area contributed by atoms with Gasteiger partial charge in [-0.15, -0.1) is 0 Å². The summed E-state index contributed by atoms with van der Waals surface area (Å²) < 4.78 is 10.8. The second kappa shape index (κ2) is 7.29. The number of hydrogen-bond donors (Lipinski definition) is 1. The molecule has 0 fully saturated rings. The third-order valence-corrected chi connectivity index (χ3v) is 3.25. The van der Waals surface area contributed by atoms with E-state index in [-0.39, 0.29) is 6.61 Å². The van der Waals surface area contributed by atoms with Crippen molar-refractivity contribution in [3.63, 3.8) is 0 Å². The largest absolute Gasteiger partial charge is 0.455 e. The van der Waals surface area contributed by atoms with Gasteiger partial charge in [0.1, 0.15) is 5.75 Å². The summed E-state index contributed by atoms with van der Waals surface area (Å²) >= 11 is 6.11. The monoisotopic (exact) mass is 292 g/mol. The second-order valence-corrected chi connectivity index (χ2v) is 4.78. The van der Waals surface area contributed by atoms with Crippen molar-refractivity contribution >= 4 is 11.6 Å². The molecular formula is C16H17ClO3. The van der Waals surface area contributed by atoms with Crippen molar-refractivity contribution in [1.29, 1.82) is 0 Å². The molecule has 2 aromatic carbocycles. The Morgan fingerprint density at radius 2 is 1.85 bits per heavy atom. The molecule has 106 valence electrons. The van der Waals surface area contributed by atoms with Crippen LogP contribution in [0.25, 0.3) is 0 Å². The summed E-state index contributed by atoms with van der Waals surface area (Å²) in [6.07, 6.45) is 0.866. The van der Waals surface area contributed by atoms with Crippen molar-refractivity contribution in [2.75, 3.05) is 13.7 Å². The molecule has 2 aromatic rings. The van der Waals surface area contributed by atoms with Gasteiger partial charge in [0, 0.05) is 12.7 Å². The van der Waals surface area contributed by atoms with Gasteiger partial charge in [0.2, 0.25) is 0 Å². The van der Waals surface area contributed by atoms with E-state index in [1.54, 1.807) is 25.3 Å². The fourth-order valence-electron chi connectivity index (χ4n) is 1.85. The van der Waals surface area contributed by atoms with Crippen molar-refractivity contribution in [2.45, 2.75) is 13.0 Å². The highest BCUT2D eigenvalue weighted by Crippen LogP contribution is 2.33. The van der Waals surface area contributed by atoms with Crippen molar-refractivity contribution in [1.82, 2.24) is 0 Å². The van der Waals surface area contributed by atoms with Gasteiger partial charge in [0.15, 0.2) is 5.75 Å². The summed E-state index contributed by atoms with van der Waals surface area (Å²) in [5, 5.41) is 9.80. The Morgan fingerprint density at radius 1 is 1.10 bits per heavy atom. The summed E-state index contributed by atoms with van der Waals surface area (Å²) in [4.78, 5) is 0. The Hall–Kier alpha value is -1.55. The summed E-state index contributed by atoms with van der Waals surface area (Å²) in [5.41, 5.74) is 1.85. The maximum Gasteiger partial charge on any atom is 0.151 e. The Bertz CT molecular complexity index is 552. The third kappa shape index (κ3) is 3.73. The normalized spacial score (nSPS) is 10.6. The Morgan fingerprint density at radius 3 is 2.50 bits per heavy atom. The van der Waals surface area contributed by atoms with Crippen LogP contribution < -0.4 is 4.74 Å². The van der Waals surface area contributed by atoms with Crippen LogP contribution in [0.1, 0.15) is 11.1 Å². The van der Waals surface area contributed by atoms with Crippen molar-refractivity contribution in [2.24, 2.45) is 0 Å². The van der Waals surface area contributed by atoms with E-state index in [2.05, 4.69) is 0 Å². The first-order chi connectivity index (χ1) is 9.74. The van der Waals surface area contributed by atoms with Crippen LogP contribution >= 0.6 is 11.6 Å². The highest BCUT2D eigenvalue weighted by molar-refractivity contribution is 6.32. The van der Waals surface area contributed by atoms with E-state index in [0.717, 1.165) is 6.42 Å². The van der Waals surface area contributed by atoms with Crippen molar-refractivity contribution < 1.29 is 14.6 Å². The number of aliphatic hydroxyl groups is 1. The molecule has 3 nitrogen and oxygen atoms in total. The second-order valence-electron chi connectivity index (χ2n) is 4.38. The number of ether oxygens (including phenoxy) is 2. The van der Waals surface area contributed by atoms with Gasteiger partial charge < -0.3 is 14.6 Å². The molecule has 20 heavy (non-hydrogen) atoms. The lowest BCUT2D eigenvalue weighted by Gasteiger charge is -2.11. The fraction of sp³-hybridized carbons (Fsp3) is 0.250. The highest BCUT2D eigenvalue weighted by Gasteiger charge is 2.08. The SMILES string of the molecule is COCCc1ccc(Oc2c(Cl)cccc2CO)cc1. The summed E-state index contributed by atoms with van der Waals surface area (Å²) in [7, 11) is 1.69. The minimum absolute atomic E-state index is 0.109. The van der Waals surface area contributed by atoms with Gasteiger partial charge in [-0.3, -0.25) is 0 Å². The van der Waals surface area contributed by atoms with Gasteiger partial charge >= 0.3 is 0 Å². The Labute approximate surface area is 123 Å². The minimum Gasteiger partial charge on any atom is -0.455 e. The van der Waals surface area contributed by atoms with E-state index in [0.29, 0.717) is 28.7 Å². The summed E-state index contributed by atoms with van der Waals surface area (Å²) in [6.45, 7) is 0.585. The molecule has 0 saturated heterocycles. The molecule has 0 bridgehead atoms. The smallest absolute Gasteiger partial charge is 0.151 e. The molecule has 0 heterocycles. The zero-order valence-electron chi connectivity index (χ0n) is 11.3. The molecule has 0 saturated carbocycles. The molecule has 0 aliphatic rings. The lowest BCUT2D eigenvalue weighted by Crippen LogP contribution is -1.95. The van der Waals surface area contributed by atoms with E-state index in [1.165, 1.54) is 5.56 Å². The van der Waals surface area contributed by atoms with Gasteiger partial charge in [-0.05, 0) is 30.2 Å². The fourth-order valence-corrected chi connectivity index (χ4v) is 2.09. The Balaban J connectivity index is 2.14. The maximum absolute atomic E-state index is 9.31. The lowest BCUT2D eigenvalue weighted by atomic mass is 10.1. The number of aliphatic hydroxyl groups excluding tert-OH is 1. The standard InChI is InChI=1S/C16H17ClO3/c1-19-10-9-12-5-7-14(8-6-12)20-16-13(11-18)3-2-4-15(16)17/h2-8,18H,9-11H2,1H3. The van der Waals surface area contributed by atoms with E-state index >= 15 is 0 Å². The first kappa shape index (κ1) is 14.9. The van der Waals surface area contributed by atoms with E-state index in [1.807, 2.05) is 24.3 Å². The van der Waals surface area contributed by atoms with Gasteiger partial charge in [0.25, 0.3) is 0 Å². The molecule has 0 atom stereocenters. The van der Waals surface area contributed by atoms with E-state index in [9.17, 15) is 5.11 Å². The molecule has 1 N–H and O–H groups in total. The number of rotatable bonds is 6. The summed E-state index contributed by atoms with van der Waals surface area (Å²) in [6, 6.07) is 13.1. The predicted molar refractivity (Wildman–Crippen MR) is 79.5 cm³/mol. The van der Waals surface area contributed by atoms with Crippen LogP contribution in [0.15, 0.2) is 42.5 Å². The van der Waals surface area contributed by atoms with Gasteiger partial charge in [-0.25, -0.2) is 0 Å². The number of methoxy groups -OCH3 is 1. The minimum atomic E-state index is -0.109. The number of hydrogen-bond acceptors (Lipinski definition) is 3. The molecule has 0 aromatic heterocycles. The quantitative estimate of drug-likeness (QED) is 0.880. The van der Waals surface area contributed by atoms with Crippen LogP contribution in [0, 0.1) is 0 Å². The molecular weight excluding hydrogens is 276 g/mol. The van der Waals surface area contributed by atoms with Crippen LogP contribution in [0.2, 0.25) is 5.02 Å². The molecule has 2 rings (SSSR count). The zero-order valence-corrected chi connectivity index (χ0v) is 12.1. The number of para-hydroxylation sites is 1.